The van der Waals surface area contributed by atoms with Crippen molar-refractivity contribution in [3.63, 3.8) is 0 Å². The molecule has 1 N–H and O–H groups in total. The molecule has 2 aromatic carbocycles. The molecule has 162 valence electrons. The number of nitrogens with one attached hydrogen (secondary N) is 1. The Hall–Kier alpha value is -2.53. The van der Waals surface area contributed by atoms with Gasteiger partial charge in [-0.1, -0.05) is 42.6 Å². The number of halogens is 1. The average molecular weight is 437 g/mol. The van der Waals surface area contributed by atoms with Crippen molar-refractivity contribution < 1.29 is 4.79 Å². The van der Waals surface area contributed by atoms with Crippen molar-refractivity contribution >= 4 is 34.5 Å². The zero-order chi connectivity index (χ0) is 21.4. The van der Waals surface area contributed by atoms with Gasteiger partial charge in [-0.3, -0.25) is 9.36 Å². The van der Waals surface area contributed by atoms with E-state index >= 15 is 0 Å². The number of piperidine rings is 1. The van der Waals surface area contributed by atoms with Crippen LogP contribution in [0.25, 0.3) is 16.7 Å². The second-order valence-electron chi connectivity index (χ2n) is 8.92. The summed E-state index contributed by atoms with van der Waals surface area (Å²) in [5.74, 6) is 1.27. The first kappa shape index (κ1) is 20.4. The Morgan fingerprint density at radius 1 is 1.06 bits per heavy atom. The van der Waals surface area contributed by atoms with Gasteiger partial charge in [-0.25, -0.2) is 4.98 Å². The van der Waals surface area contributed by atoms with Gasteiger partial charge in [0.15, 0.2) is 0 Å². The van der Waals surface area contributed by atoms with Gasteiger partial charge < -0.3 is 10.2 Å². The average Bonchev–Trinajstić information content (AvgIpc) is 3.42. The summed E-state index contributed by atoms with van der Waals surface area (Å²) in [6.07, 6.45) is 6.46. The summed E-state index contributed by atoms with van der Waals surface area (Å²) < 4.78 is 2.19. The molecular weight excluding hydrogens is 408 g/mol. The molecule has 0 unspecified atom stereocenters. The Labute approximate surface area is 188 Å². The van der Waals surface area contributed by atoms with Crippen LogP contribution in [0.15, 0.2) is 42.5 Å². The summed E-state index contributed by atoms with van der Waals surface area (Å²) >= 11 is 6.47. The number of aryl methyl sites for hydroxylation is 1. The van der Waals surface area contributed by atoms with E-state index in [4.69, 9.17) is 16.6 Å². The van der Waals surface area contributed by atoms with Crippen LogP contribution in [0.5, 0.6) is 0 Å². The van der Waals surface area contributed by atoms with Gasteiger partial charge in [-0.15, -0.1) is 0 Å². The standard InChI is InChI=1S/C25H29ClN4O/c1-17-15-22-23(16-21(17)26)30(20-9-3-2-4-10-20)25(28-22)29-13-11-18(12-14-29)24(31)27-19-7-5-6-8-19/h2-4,9-10,15-16,18-19H,5-8,11-14H2,1H3,(H,27,31). The largest absolute Gasteiger partial charge is 0.353 e. The highest BCUT2D eigenvalue weighted by Crippen LogP contribution is 2.33. The van der Waals surface area contributed by atoms with E-state index in [2.05, 4.69) is 33.0 Å². The van der Waals surface area contributed by atoms with Crippen molar-refractivity contribution in [3.05, 3.63) is 53.1 Å². The van der Waals surface area contributed by atoms with Crippen LogP contribution < -0.4 is 10.2 Å². The molecule has 1 aliphatic carbocycles. The normalized spacial score (nSPS) is 18.1. The first-order valence-electron chi connectivity index (χ1n) is 11.4. The van der Waals surface area contributed by atoms with Crippen LogP contribution in [-0.2, 0) is 4.79 Å². The molecule has 2 heterocycles. The van der Waals surface area contributed by atoms with E-state index in [0.717, 1.165) is 72.0 Å². The Balaban J connectivity index is 1.41. The number of hydrogen-bond donors (Lipinski definition) is 1. The zero-order valence-corrected chi connectivity index (χ0v) is 18.7. The van der Waals surface area contributed by atoms with Crippen molar-refractivity contribution in [2.24, 2.45) is 5.92 Å². The molecule has 2 fully saturated rings. The first-order chi connectivity index (χ1) is 15.1. The van der Waals surface area contributed by atoms with Crippen molar-refractivity contribution in [2.45, 2.75) is 51.5 Å². The lowest BCUT2D eigenvalue weighted by Gasteiger charge is -2.33. The van der Waals surface area contributed by atoms with E-state index in [9.17, 15) is 4.79 Å². The number of para-hydroxylation sites is 1. The molecule has 1 saturated carbocycles. The number of amides is 1. The van der Waals surface area contributed by atoms with Gasteiger partial charge in [0, 0.05) is 35.8 Å². The molecular formula is C25H29ClN4O. The lowest BCUT2D eigenvalue weighted by molar-refractivity contribution is -0.126. The van der Waals surface area contributed by atoms with Crippen molar-refractivity contribution in [1.29, 1.82) is 0 Å². The highest BCUT2D eigenvalue weighted by atomic mass is 35.5. The van der Waals surface area contributed by atoms with Crippen LogP contribution in [0.1, 0.15) is 44.1 Å². The summed E-state index contributed by atoms with van der Waals surface area (Å²) in [5.41, 5.74) is 4.06. The van der Waals surface area contributed by atoms with Crippen LogP contribution in [-0.4, -0.2) is 34.6 Å². The van der Waals surface area contributed by atoms with E-state index in [-0.39, 0.29) is 11.8 Å². The number of aromatic nitrogens is 2. The number of carbonyl (C=O) groups excluding carboxylic acids is 1. The summed E-state index contributed by atoms with van der Waals surface area (Å²) in [6, 6.07) is 14.8. The quantitative estimate of drug-likeness (QED) is 0.606. The molecule has 0 spiro atoms. The third-order valence-electron chi connectivity index (χ3n) is 6.78. The van der Waals surface area contributed by atoms with Crippen LogP contribution >= 0.6 is 11.6 Å². The maximum absolute atomic E-state index is 12.7. The molecule has 31 heavy (non-hydrogen) atoms. The number of anilines is 1. The molecule has 1 aliphatic heterocycles. The smallest absolute Gasteiger partial charge is 0.223 e. The highest BCUT2D eigenvalue weighted by Gasteiger charge is 2.29. The lowest BCUT2D eigenvalue weighted by Crippen LogP contribution is -2.43. The van der Waals surface area contributed by atoms with Crippen LogP contribution in [0.3, 0.4) is 0 Å². The van der Waals surface area contributed by atoms with E-state index in [0.29, 0.717) is 6.04 Å². The molecule has 5 rings (SSSR count). The maximum atomic E-state index is 12.7. The van der Waals surface area contributed by atoms with Gasteiger partial charge in [0.05, 0.1) is 11.0 Å². The molecule has 0 atom stereocenters. The number of nitrogens with zero attached hydrogens (tertiary/aromatic N) is 3. The minimum Gasteiger partial charge on any atom is -0.353 e. The van der Waals surface area contributed by atoms with Crippen molar-refractivity contribution in [3.8, 4) is 5.69 Å². The van der Waals surface area contributed by atoms with Crippen molar-refractivity contribution in [2.75, 3.05) is 18.0 Å². The third kappa shape index (κ3) is 4.03. The lowest BCUT2D eigenvalue weighted by atomic mass is 9.95. The minimum atomic E-state index is 0.100. The summed E-state index contributed by atoms with van der Waals surface area (Å²) in [4.78, 5) is 20.0. The summed E-state index contributed by atoms with van der Waals surface area (Å²) in [7, 11) is 0. The number of fused-ring (bicyclic) bond motifs is 1. The second-order valence-corrected chi connectivity index (χ2v) is 9.33. The van der Waals surface area contributed by atoms with E-state index in [1.807, 2.05) is 31.2 Å². The van der Waals surface area contributed by atoms with Gasteiger partial charge in [0.25, 0.3) is 0 Å². The second kappa shape index (κ2) is 8.54. The first-order valence-corrected chi connectivity index (χ1v) is 11.8. The van der Waals surface area contributed by atoms with E-state index in [1.165, 1.54) is 12.8 Å². The molecule has 1 amide bonds. The molecule has 0 radical (unpaired) electrons. The molecule has 1 saturated heterocycles. The molecule has 5 nitrogen and oxygen atoms in total. The van der Waals surface area contributed by atoms with Gasteiger partial charge in [0.2, 0.25) is 11.9 Å². The Morgan fingerprint density at radius 3 is 2.48 bits per heavy atom. The fourth-order valence-electron chi connectivity index (χ4n) is 4.96. The monoisotopic (exact) mass is 436 g/mol. The van der Waals surface area contributed by atoms with Crippen molar-refractivity contribution in [1.82, 2.24) is 14.9 Å². The maximum Gasteiger partial charge on any atom is 0.223 e. The van der Waals surface area contributed by atoms with E-state index < -0.39 is 0 Å². The minimum absolute atomic E-state index is 0.100. The molecule has 0 bridgehead atoms. The van der Waals surface area contributed by atoms with Gasteiger partial charge in [-0.05, 0) is 62.4 Å². The molecule has 2 aliphatic rings. The zero-order valence-electron chi connectivity index (χ0n) is 18.0. The Kier molecular flexibility index (Phi) is 5.61. The fourth-order valence-corrected chi connectivity index (χ4v) is 5.12. The predicted molar refractivity (Wildman–Crippen MR) is 126 cm³/mol. The Bertz CT molecular complexity index is 1080. The SMILES string of the molecule is Cc1cc2nc(N3CCC(C(=O)NC4CCCC4)CC3)n(-c3ccccc3)c2cc1Cl. The number of carbonyl (C=O) groups is 1. The van der Waals surface area contributed by atoms with Crippen LogP contribution in [0, 0.1) is 12.8 Å². The summed E-state index contributed by atoms with van der Waals surface area (Å²) in [5, 5.41) is 4.03. The fraction of sp³-hybridized carbons (Fsp3) is 0.440. The van der Waals surface area contributed by atoms with Crippen LogP contribution in [0.2, 0.25) is 5.02 Å². The van der Waals surface area contributed by atoms with Gasteiger partial charge in [-0.2, -0.15) is 0 Å². The molecule has 6 heteroatoms. The molecule has 1 aromatic heterocycles. The Morgan fingerprint density at radius 2 is 1.77 bits per heavy atom. The number of imidazole rings is 1. The third-order valence-corrected chi connectivity index (χ3v) is 7.19. The number of benzene rings is 2. The topological polar surface area (TPSA) is 50.2 Å². The predicted octanol–water partition coefficient (Wildman–Crippen LogP) is 5.26. The number of hydrogen-bond acceptors (Lipinski definition) is 3. The summed E-state index contributed by atoms with van der Waals surface area (Å²) in [6.45, 7) is 3.66. The highest BCUT2D eigenvalue weighted by molar-refractivity contribution is 6.32. The van der Waals surface area contributed by atoms with E-state index in [1.54, 1.807) is 0 Å². The molecule has 3 aromatic rings. The van der Waals surface area contributed by atoms with Crippen LogP contribution in [0.4, 0.5) is 5.95 Å². The van der Waals surface area contributed by atoms with Gasteiger partial charge >= 0.3 is 0 Å². The van der Waals surface area contributed by atoms with Gasteiger partial charge in [0.1, 0.15) is 0 Å². The number of rotatable bonds is 4.